The lowest BCUT2D eigenvalue weighted by Crippen LogP contribution is -1.98. The summed E-state index contributed by atoms with van der Waals surface area (Å²) in [6.45, 7) is 0. The third kappa shape index (κ3) is 2.52. The van der Waals surface area contributed by atoms with Crippen LogP contribution >= 0.6 is 0 Å². The maximum atomic E-state index is 4.63. The topological polar surface area (TPSA) is 84.3 Å². The number of pyridine rings is 3. The van der Waals surface area contributed by atoms with E-state index in [0.29, 0.717) is 5.82 Å². The van der Waals surface area contributed by atoms with Crippen molar-refractivity contribution in [1.82, 2.24) is 29.7 Å². The van der Waals surface area contributed by atoms with Crippen LogP contribution in [0.25, 0.3) is 38.5 Å². The zero-order valence-electron chi connectivity index (χ0n) is 15.2. The van der Waals surface area contributed by atoms with Gasteiger partial charge in [0.15, 0.2) is 5.82 Å². The Hall–Kier alpha value is -4.26. The van der Waals surface area contributed by atoms with Crippen LogP contribution in [-0.2, 0) is 0 Å². The zero-order valence-corrected chi connectivity index (χ0v) is 15.2. The number of fused-ring (bicyclic) bond motifs is 3. The van der Waals surface area contributed by atoms with Gasteiger partial charge in [0.05, 0.1) is 17.2 Å². The van der Waals surface area contributed by atoms with Crippen LogP contribution in [0.4, 0.5) is 11.5 Å². The van der Waals surface area contributed by atoms with Gasteiger partial charge in [0.25, 0.3) is 0 Å². The first-order valence-corrected chi connectivity index (χ1v) is 9.23. The molecule has 0 spiro atoms. The van der Waals surface area contributed by atoms with E-state index in [1.165, 1.54) is 0 Å². The smallest absolute Gasteiger partial charge is 0.178 e. The fraction of sp³-hybridized carbons (Fsp3) is 0. The van der Waals surface area contributed by atoms with Crippen molar-refractivity contribution in [1.29, 1.82) is 0 Å². The first-order valence-electron chi connectivity index (χ1n) is 9.23. The molecular formula is C22H15N7. The van der Waals surface area contributed by atoms with Crippen LogP contribution in [0.2, 0.25) is 0 Å². The van der Waals surface area contributed by atoms with Gasteiger partial charge in [-0.2, -0.15) is 5.10 Å². The molecule has 0 radical (unpaired) electrons. The van der Waals surface area contributed by atoms with E-state index in [-0.39, 0.29) is 0 Å². The number of anilines is 2. The van der Waals surface area contributed by atoms with E-state index in [2.05, 4.69) is 53.2 Å². The molecule has 0 unspecified atom stereocenters. The summed E-state index contributed by atoms with van der Waals surface area (Å²) in [5.41, 5.74) is 3.68. The van der Waals surface area contributed by atoms with Crippen LogP contribution in [0.5, 0.6) is 0 Å². The number of hydrogen-bond acceptors (Lipinski definition) is 5. The Bertz CT molecular complexity index is 1500. The van der Waals surface area contributed by atoms with Gasteiger partial charge in [-0.05, 0) is 53.9 Å². The molecule has 0 bridgehead atoms. The second kappa shape index (κ2) is 6.13. The van der Waals surface area contributed by atoms with Crippen molar-refractivity contribution in [2.24, 2.45) is 0 Å². The number of hydrogen-bond donors (Lipinski definition) is 2. The Morgan fingerprint density at radius 1 is 0.897 bits per heavy atom. The molecule has 2 N–H and O–H groups in total. The average Bonchev–Trinajstić information content (AvgIpc) is 3.38. The van der Waals surface area contributed by atoms with Gasteiger partial charge < -0.3 is 5.32 Å². The molecule has 0 fully saturated rings. The van der Waals surface area contributed by atoms with E-state index >= 15 is 0 Å². The van der Waals surface area contributed by atoms with Crippen LogP contribution in [0.1, 0.15) is 0 Å². The van der Waals surface area contributed by atoms with Crippen molar-refractivity contribution in [2.45, 2.75) is 0 Å². The molecule has 138 valence electrons. The Morgan fingerprint density at radius 2 is 1.86 bits per heavy atom. The number of nitrogens with one attached hydrogen (secondary N) is 2. The molecule has 7 nitrogen and oxygen atoms in total. The summed E-state index contributed by atoms with van der Waals surface area (Å²) in [6.07, 6.45) is 9.28. The number of benzene rings is 1. The Labute approximate surface area is 165 Å². The molecule has 5 aromatic heterocycles. The van der Waals surface area contributed by atoms with Gasteiger partial charge in [-0.1, -0.05) is 0 Å². The highest BCUT2D eigenvalue weighted by molar-refractivity contribution is 5.94. The predicted molar refractivity (Wildman–Crippen MR) is 114 cm³/mol. The fourth-order valence-electron chi connectivity index (χ4n) is 3.67. The number of nitrogens with zero attached hydrogens (tertiary/aromatic N) is 5. The van der Waals surface area contributed by atoms with Gasteiger partial charge in [0.2, 0.25) is 0 Å². The minimum Gasteiger partial charge on any atom is -0.337 e. The minimum absolute atomic E-state index is 0.705. The molecule has 1 aromatic carbocycles. The fourth-order valence-corrected chi connectivity index (χ4v) is 3.67. The van der Waals surface area contributed by atoms with E-state index in [1.54, 1.807) is 12.4 Å². The van der Waals surface area contributed by atoms with Gasteiger partial charge in [-0.3, -0.25) is 19.6 Å². The summed E-state index contributed by atoms with van der Waals surface area (Å²) in [5.74, 6) is 1.58. The molecule has 0 saturated carbocycles. The number of rotatable bonds is 3. The normalized spacial score (nSPS) is 11.4. The summed E-state index contributed by atoms with van der Waals surface area (Å²) in [4.78, 5) is 13.3. The molecule has 7 heteroatoms. The summed E-state index contributed by atoms with van der Waals surface area (Å²) < 4.78 is 2.07. The largest absolute Gasteiger partial charge is 0.337 e. The first-order chi connectivity index (χ1) is 14.4. The second-order valence-electron chi connectivity index (χ2n) is 6.79. The molecule has 5 heterocycles. The van der Waals surface area contributed by atoms with E-state index < -0.39 is 0 Å². The molecular weight excluding hydrogens is 362 g/mol. The lowest BCUT2D eigenvalue weighted by Gasteiger charge is -2.10. The number of aromatic nitrogens is 6. The Kier molecular flexibility index (Phi) is 3.33. The Morgan fingerprint density at radius 3 is 2.86 bits per heavy atom. The lowest BCUT2D eigenvalue weighted by atomic mass is 10.1. The van der Waals surface area contributed by atoms with Crippen LogP contribution in [0.15, 0.2) is 79.5 Å². The van der Waals surface area contributed by atoms with Crippen LogP contribution in [0, 0.1) is 0 Å². The molecule has 6 rings (SSSR count). The minimum atomic E-state index is 0.705. The third-order valence-corrected chi connectivity index (χ3v) is 5.05. The van der Waals surface area contributed by atoms with Gasteiger partial charge in [0.1, 0.15) is 11.3 Å². The summed E-state index contributed by atoms with van der Waals surface area (Å²) in [5, 5.41) is 14.0. The van der Waals surface area contributed by atoms with Crippen molar-refractivity contribution in [3.8, 4) is 5.82 Å². The second-order valence-corrected chi connectivity index (χ2v) is 6.79. The predicted octanol–water partition coefficient (Wildman–Crippen LogP) is 4.59. The van der Waals surface area contributed by atoms with Crippen LogP contribution in [0.3, 0.4) is 0 Å². The zero-order chi connectivity index (χ0) is 19.2. The van der Waals surface area contributed by atoms with Crippen LogP contribution in [-0.4, -0.2) is 29.7 Å². The third-order valence-electron chi connectivity index (χ3n) is 5.05. The summed E-state index contributed by atoms with van der Waals surface area (Å²) in [7, 11) is 0. The van der Waals surface area contributed by atoms with E-state index in [9.17, 15) is 0 Å². The molecule has 29 heavy (non-hydrogen) atoms. The van der Waals surface area contributed by atoms with E-state index in [1.807, 2.05) is 48.9 Å². The van der Waals surface area contributed by atoms with Crippen molar-refractivity contribution in [2.75, 3.05) is 5.32 Å². The quantitative estimate of drug-likeness (QED) is 0.471. The van der Waals surface area contributed by atoms with E-state index in [4.69, 9.17) is 0 Å². The van der Waals surface area contributed by atoms with Crippen molar-refractivity contribution < 1.29 is 0 Å². The van der Waals surface area contributed by atoms with Crippen molar-refractivity contribution in [3.63, 3.8) is 0 Å². The maximum absolute atomic E-state index is 4.63. The highest BCUT2D eigenvalue weighted by Crippen LogP contribution is 2.28. The highest BCUT2D eigenvalue weighted by atomic mass is 15.2. The summed E-state index contributed by atoms with van der Waals surface area (Å²) in [6, 6.07) is 16.1. The SMILES string of the molecule is c1cnc2c(Nc3ccc4c(-n5ccc6ccncc65)nccc4c3)n[nH]c2c1. The molecule has 0 amide bonds. The van der Waals surface area contributed by atoms with Crippen molar-refractivity contribution >= 4 is 44.2 Å². The number of H-pyrrole nitrogens is 1. The first kappa shape index (κ1) is 15.8. The number of aromatic amines is 1. The molecule has 0 atom stereocenters. The van der Waals surface area contributed by atoms with Crippen molar-refractivity contribution in [3.05, 3.63) is 79.5 Å². The molecule has 0 saturated heterocycles. The molecule has 0 aliphatic heterocycles. The molecule has 0 aliphatic rings. The Balaban J connectivity index is 1.45. The van der Waals surface area contributed by atoms with Crippen LogP contribution < -0.4 is 5.32 Å². The average molecular weight is 377 g/mol. The van der Waals surface area contributed by atoms with E-state index in [0.717, 1.165) is 44.2 Å². The monoisotopic (exact) mass is 377 g/mol. The van der Waals surface area contributed by atoms with Gasteiger partial charge >= 0.3 is 0 Å². The highest BCUT2D eigenvalue weighted by Gasteiger charge is 2.10. The molecule has 0 aliphatic carbocycles. The lowest BCUT2D eigenvalue weighted by molar-refractivity contribution is 1.06. The van der Waals surface area contributed by atoms with Gasteiger partial charge in [-0.15, -0.1) is 0 Å². The van der Waals surface area contributed by atoms with Gasteiger partial charge in [0, 0.05) is 41.2 Å². The maximum Gasteiger partial charge on any atom is 0.178 e. The molecule has 6 aromatic rings. The summed E-state index contributed by atoms with van der Waals surface area (Å²) >= 11 is 0. The standard InChI is InChI=1S/C22H15N7/c1-2-18-20(24-8-1)21(28-27-18)26-16-3-4-17-15(12-16)6-10-25-22(17)29-11-7-14-5-9-23-13-19(14)29/h1-13H,(H2,26,27,28). The van der Waals surface area contributed by atoms with Gasteiger partial charge in [-0.25, -0.2) is 4.98 Å².